The molecule has 0 saturated carbocycles. The molecule has 4 aromatic rings. The number of rotatable bonds is 5. The number of fused-ring (bicyclic) bond motifs is 1. The monoisotopic (exact) mass is 465 g/mol. The number of hydrogen-bond donors (Lipinski definition) is 1. The summed E-state index contributed by atoms with van der Waals surface area (Å²) in [5, 5.41) is 9.24. The number of halogens is 1. The topological polar surface area (TPSA) is 90.3 Å². The number of esters is 1. The van der Waals surface area contributed by atoms with Crippen LogP contribution in [0.25, 0.3) is 16.5 Å². The van der Waals surface area contributed by atoms with Crippen LogP contribution in [0, 0.1) is 19.7 Å². The highest BCUT2D eigenvalue weighted by molar-refractivity contribution is 7.16. The Balaban J connectivity index is 1.87. The van der Waals surface area contributed by atoms with E-state index in [1.165, 1.54) is 24.3 Å². The Labute approximate surface area is 192 Å². The molecule has 1 N–H and O–H groups in total. The summed E-state index contributed by atoms with van der Waals surface area (Å²) >= 11 is 1.11. The summed E-state index contributed by atoms with van der Waals surface area (Å²) in [6.07, 6.45) is 0. The van der Waals surface area contributed by atoms with Crippen LogP contribution in [0.2, 0.25) is 0 Å². The number of amides is 1. The van der Waals surface area contributed by atoms with Crippen LogP contribution in [0.3, 0.4) is 0 Å². The van der Waals surface area contributed by atoms with Gasteiger partial charge in [0, 0.05) is 16.3 Å². The summed E-state index contributed by atoms with van der Waals surface area (Å²) in [6.45, 7) is 5.64. The number of ether oxygens (including phenoxy) is 1. The van der Waals surface area contributed by atoms with Crippen molar-refractivity contribution < 1.29 is 18.7 Å². The number of aryl methyl sites for hydroxylation is 2. The third-order valence-corrected chi connectivity index (χ3v) is 6.08. The van der Waals surface area contributed by atoms with Gasteiger partial charge in [-0.2, -0.15) is 9.78 Å². The molecule has 0 spiro atoms. The number of thiophene rings is 1. The Hall–Kier alpha value is -3.85. The SMILES string of the molecule is CCOC(=O)c1nn(-c2ccc(F)cc2)c(=O)c2c(NC(=O)c3ccc(C)c(C)c3)scc12. The van der Waals surface area contributed by atoms with Gasteiger partial charge in [0.15, 0.2) is 5.69 Å². The zero-order valence-corrected chi connectivity index (χ0v) is 19.0. The maximum Gasteiger partial charge on any atom is 0.359 e. The highest BCUT2D eigenvalue weighted by Gasteiger charge is 2.23. The van der Waals surface area contributed by atoms with Crippen molar-refractivity contribution in [1.82, 2.24) is 9.78 Å². The fourth-order valence-electron chi connectivity index (χ4n) is 3.31. The van der Waals surface area contributed by atoms with E-state index in [-0.39, 0.29) is 39.7 Å². The summed E-state index contributed by atoms with van der Waals surface area (Å²) in [5.74, 6) is -1.57. The maximum absolute atomic E-state index is 13.4. The van der Waals surface area contributed by atoms with Gasteiger partial charge in [-0.1, -0.05) is 6.07 Å². The molecule has 2 aromatic carbocycles. The second-order valence-corrected chi connectivity index (χ2v) is 8.25. The maximum atomic E-state index is 13.4. The van der Waals surface area contributed by atoms with Crippen molar-refractivity contribution in [3.8, 4) is 5.69 Å². The number of aromatic nitrogens is 2. The molecule has 1 amide bonds. The Bertz CT molecular complexity index is 1440. The van der Waals surface area contributed by atoms with E-state index < -0.39 is 17.3 Å². The lowest BCUT2D eigenvalue weighted by atomic mass is 10.1. The third kappa shape index (κ3) is 4.27. The lowest BCUT2D eigenvalue weighted by Gasteiger charge is -2.10. The first kappa shape index (κ1) is 22.3. The van der Waals surface area contributed by atoms with Gasteiger partial charge in [0.25, 0.3) is 11.5 Å². The van der Waals surface area contributed by atoms with Gasteiger partial charge in [-0.25, -0.2) is 9.18 Å². The van der Waals surface area contributed by atoms with Gasteiger partial charge < -0.3 is 10.1 Å². The smallest absolute Gasteiger partial charge is 0.359 e. The van der Waals surface area contributed by atoms with Crippen LogP contribution in [0.1, 0.15) is 38.9 Å². The molecule has 0 fully saturated rings. The molecule has 0 bridgehead atoms. The molecule has 0 radical (unpaired) electrons. The van der Waals surface area contributed by atoms with Crippen molar-refractivity contribution in [2.45, 2.75) is 20.8 Å². The number of anilines is 1. The number of hydrogen-bond acceptors (Lipinski definition) is 6. The van der Waals surface area contributed by atoms with E-state index in [2.05, 4.69) is 10.4 Å². The van der Waals surface area contributed by atoms with Crippen molar-refractivity contribution in [3.63, 3.8) is 0 Å². The van der Waals surface area contributed by atoms with Crippen molar-refractivity contribution in [2.75, 3.05) is 11.9 Å². The van der Waals surface area contributed by atoms with Crippen LogP contribution in [-0.2, 0) is 4.74 Å². The molecule has 0 unspecified atom stereocenters. The predicted molar refractivity (Wildman–Crippen MR) is 125 cm³/mol. The molecule has 2 heterocycles. The Morgan fingerprint density at radius 2 is 1.85 bits per heavy atom. The van der Waals surface area contributed by atoms with Gasteiger partial charge in [-0.15, -0.1) is 11.3 Å². The van der Waals surface area contributed by atoms with E-state index in [1.807, 2.05) is 19.9 Å². The molecular weight excluding hydrogens is 445 g/mol. The highest BCUT2D eigenvalue weighted by atomic mass is 32.1. The molecule has 7 nitrogen and oxygen atoms in total. The first-order chi connectivity index (χ1) is 15.8. The molecule has 2 aromatic heterocycles. The average Bonchev–Trinajstić information content (AvgIpc) is 3.21. The van der Waals surface area contributed by atoms with Crippen LogP contribution >= 0.6 is 11.3 Å². The van der Waals surface area contributed by atoms with Gasteiger partial charge in [-0.3, -0.25) is 9.59 Å². The van der Waals surface area contributed by atoms with E-state index >= 15 is 0 Å². The van der Waals surface area contributed by atoms with Crippen LogP contribution in [-0.4, -0.2) is 28.3 Å². The van der Waals surface area contributed by atoms with Gasteiger partial charge >= 0.3 is 5.97 Å². The molecule has 33 heavy (non-hydrogen) atoms. The van der Waals surface area contributed by atoms with Crippen molar-refractivity contribution in [1.29, 1.82) is 0 Å². The molecule has 0 aliphatic carbocycles. The number of nitrogens with one attached hydrogen (secondary N) is 1. The summed E-state index contributed by atoms with van der Waals surface area (Å²) in [7, 11) is 0. The van der Waals surface area contributed by atoms with Gasteiger partial charge in [0.2, 0.25) is 0 Å². The molecule has 0 aliphatic rings. The van der Waals surface area contributed by atoms with Crippen molar-refractivity contribution in [2.24, 2.45) is 0 Å². The Kier molecular flexibility index (Phi) is 6.06. The average molecular weight is 466 g/mol. The van der Waals surface area contributed by atoms with E-state index in [0.29, 0.717) is 5.56 Å². The van der Waals surface area contributed by atoms with E-state index in [4.69, 9.17) is 4.74 Å². The van der Waals surface area contributed by atoms with Crippen LogP contribution in [0.15, 0.2) is 52.6 Å². The third-order valence-electron chi connectivity index (χ3n) is 5.19. The van der Waals surface area contributed by atoms with Gasteiger partial charge in [0.1, 0.15) is 10.8 Å². The van der Waals surface area contributed by atoms with Crippen LogP contribution < -0.4 is 10.9 Å². The van der Waals surface area contributed by atoms with Crippen LogP contribution in [0.5, 0.6) is 0 Å². The summed E-state index contributed by atoms with van der Waals surface area (Å²) < 4.78 is 19.5. The quantitative estimate of drug-likeness (QED) is 0.434. The second-order valence-electron chi connectivity index (χ2n) is 7.37. The number of carbonyl (C=O) groups excluding carboxylic acids is 2. The number of carbonyl (C=O) groups is 2. The lowest BCUT2D eigenvalue weighted by molar-refractivity contribution is 0.0520. The first-order valence-electron chi connectivity index (χ1n) is 10.2. The predicted octanol–water partition coefficient (Wildman–Crippen LogP) is 4.63. The minimum absolute atomic E-state index is 0.0706. The van der Waals surface area contributed by atoms with Crippen molar-refractivity contribution in [3.05, 3.63) is 86.4 Å². The standard InChI is InChI=1S/C24H20FN3O4S/c1-4-32-24(31)20-18-12-33-22(26-21(29)15-6-5-13(2)14(3)11-15)19(18)23(30)28(27-20)17-9-7-16(25)8-10-17/h5-12H,4H2,1-3H3,(H,26,29). The van der Waals surface area contributed by atoms with E-state index in [9.17, 15) is 18.8 Å². The van der Waals surface area contributed by atoms with E-state index in [1.54, 1.807) is 24.4 Å². The lowest BCUT2D eigenvalue weighted by Crippen LogP contribution is -2.25. The normalized spacial score (nSPS) is 10.9. The number of benzene rings is 2. The zero-order chi connectivity index (χ0) is 23.7. The second kappa shape index (κ2) is 8.95. The molecule has 168 valence electrons. The largest absolute Gasteiger partial charge is 0.461 e. The Morgan fingerprint density at radius 3 is 2.52 bits per heavy atom. The first-order valence-corrected chi connectivity index (χ1v) is 11.0. The van der Waals surface area contributed by atoms with E-state index in [0.717, 1.165) is 27.1 Å². The van der Waals surface area contributed by atoms with Gasteiger partial charge in [0.05, 0.1) is 17.7 Å². The van der Waals surface area contributed by atoms with Crippen LogP contribution in [0.4, 0.5) is 9.39 Å². The molecule has 0 aliphatic heterocycles. The summed E-state index contributed by atoms with van der Waals surface area (Å²) in [4.78, 5) is 38.8. The molecule has 0 atom stereocenters. The molecule has 9 heteroatoms. The number of nitrogens with zero attached hydrogens (tertiary/aromatic N) is 2. The van der Waals surface area contributed by atoms with Gasteiger partial charge in [-0.05, 0) is 68.3 Å². The molecule has 0 saturated heterocycles. The van der Waals surface area contributed by atoms with Crippen molar-refractivity contribution >= 4 is 39.0 Å². The molecular formula is C24H20FN3O4S. The molecule has 4 rings (SSSR count). The summed E-state index contributed by atoms with van der Waals surface area (Å²) in [5.41, 5.74) is 2.11. The minimum atomic E-state index is -0.705. The highest BCUT2D eigenvalue weighted by Crippen LogP contribution is 2.31. The summed E-state index contributed by atoms with van der Waals surface area (Å²) in [6, 6.07) is 10.5. The zero-order valence-electron chi connectivity index (χ0n) is 18.1. The Morgan fingerprint density at radius 1 is 1.12 bits per heavy atom. The fourth-order valence-corrected chi connectivity index (χ4v) is 4.24. The minimum Gasteiger partial charge on any atom is -0.461 e. The fraction of sp³-hybridized carbons (Fsp3) is 0.167.